The largest absolute Gasteiger partial charge is 0.345 e. The maximum atomic E-state index is 12.4. The molecule has 0 bridgehead atoms. The van der Waals surface area contributed by atoms with Crippen LogP contribution in [0.25, 0.3) is 0 Å². The van der Waals surface area contributed by atoms with Crippen molar-refractivity contribution in [1.82, 2.24) is 9.80 Å². The summed E-state index contributed by atoms with van der Waals surface area (Å²) < 4.78 is 0. The minimum atomic E-state index is 0.117. The summed E-state index contributed by atoms with van der Waals surface area (Å²) in [4.78, 5) is 29.0. The molecule has 0 atom stereocenters. The second kappa shape index (κ2) is 10.9. The second-order valence-corrected chi connectivity index (χ2v) is 8.12. The number of Topliss-reactive ketones (excluding diaryl/α,β-unsaturated/α-hetero) is 1. The molecule has 1 amide bonds. The number of likely N-dealkylation sites (tertiary alicyclic amines) is 1. The van der Waals surface area contributed by atoms with E-state index >= 15 is 0 Å². The van der Waals surface area contributed by atoms with Crippen molar-refractivity contribution >= 4 is 11.7 Å². The minimum absolute atomic E-state index is 0.117. The van der Waals surface area contributed by atoms with Crippen molar-refractivity contribution in [3.63, 3.8) is 0 Å². The van der Waals surface area contributed by atoms with Crippen LogP contribution in [0.3, 0.4) is 0 Å². The fourth-order valence-electron chi connectivity index (χ4n) is 4.02. The van der Waals surface area contributed by atoms with Crippen LogP contribution in [0.5, 0.6) is 0 Å². The van der Waals surface area contributed by atoms with Crippen LogP contribution in [0.1, 0.15) is 48.0 Å². The highest BCUT2D eigenvalue weighted by atomic mass is 16.2. The third kappa shape index (κ3) is 6.82. The first kappa shape index (κ1) is 21.3. The number of hydrogen-bond donors (Lipinski definition) is 0. The summed E-state index contributed by atoms with van der Waals surface area (Å²) in [5.41, 5.74) is 2.10. The molecule has 3 rings (SSSR count). The zero-order chi connectivity index (χ0) is 20.5. The van der Waals surface area contributed by atoms with Gasteiger partial charge in [0.05, 0.1) is 0 Å². The zero-order valence-electron chi connectivity index (χ0n) is 17.4. The van der Waals surface area contributed by atoms with Crippen molar-refractivity contribution in [2.24, 2.45) is 5.92 Å². The molecule has 0 radical (unpaired) electrons. The van der Waals surface area contributed by atoms with Gasteiger partial charge in [-0.3, -0.25) is 14.5 Å². The monoisotopic (exact) mass is 392 g/mol. The molecule has 2 aromatic rings. The van der Waals surface area contributed by atoms with Crippen molar-refractivity contribution in [2.45, 2.75) is 38.6 Å². The lowest BCUT2D eigenvalue weighted by atomic mass is 9.95. The molecule has 1 fully saturated rings. The Morgan fingerprint density at radius 1 is 0.931 bits per heavy atom. The van der Waals surface area contributed by atoms with E-state index in [9.17, 15) is 9.59 Å². The average Bonchev–Trinajstić information content (AvgIpc) is 2.76. The van der Waals surface area contributed by atoms with E-state index in [1.54, 1.807) is 0 Å². The van der Waals surface area contributed by atoms with Gasteiger partial charge in [-0.25, -0.2) is 0 Å². The van der Waals surface area contributed by atoms with E-state index in [1.165, 1.54) is 5.56 Å². The highest BCUT2D eigenvalue weighted by molar-refractivity contribution is 5.96. The Labute approximate surface area is 174 Å². The van der Waals surface area contributed by atoms with Crippen molar-refractivity contribution in [2.75, 3.05) is 26.7 Å². The smallest absolute Gasteiger partial charge is 0.222 e. The van der Waals surface area contributed by atoms with Gasteiger partial charge >= 0.3 is 0 Å². The summed E-state index contributed by atoms with van der Waals surface area (Å²) in [5, 5.41) is 0. The maximum Gasteiger partial charge on any atom is 0.222 e. The predicted octanol–water partition coefficient (Wildman–Crippen LogP) is 4.41. The van der Waals surface area contributed by atoms with Gasteiger partial charge in [0.1, 0.15) is 0 Å². The average molecular weight is 393 g/mol. The van der Waals surface area contributed by atoms with Crippen LogP contribution < -0.4 is 0 Å². The van der Waals surface area contributed by atoms with Crippen LogP contribution in [0, 0.1) is 5.92 Å². The standard InChI is InChI=1S/C25H32N2O2/c1-26(25(29)14-8-13-24(28)23-11-6-3-7-12-23)19-22-15-17-27(18-16-22)20-21-9-4-2-5-10-21/h2-7,9-12,22H,8,13-20H2,1H3. The van der Waals surface area contributed by atoms with Gasteiger partial charge in [0, 0.05) is 38.5 Å². The van der Waals surface area contributed by atoms with Crippen molar-refractivity contribution in [3.05, 3.63) is 71.8 Å². The molecule has 1 aliphatic rings. The topological polar surface area (TPSA) is 40.6 Å². The maximum absolute atomic E-state index is 12.4. The van der Waals surface area contributed by atoms with Crippen LogP contribution >= 0.6 is 0 Å². The summed E-state index contributed by atoms with van der Waals surface area (Å²) in [7, 11) is 1.90. The van der Waals surface area contributed by atoms with Gasteiger partial charge in [-0.1, -0.05) is 60.7 Å². The molecular weight excluding hydrogens is 360 g/mol. The Bertz CT molecular complexity index is 768. The van der Waals surface area contributed by atoms with E-state index in [1.807, 2.05) is 42.3 Å². The van der Waals surface area contributed by atoms with Crippen molar-refractivity contribution < 1.29 is 9.59 Å². The summed E-state index contributed by atoms with van der Waals surface area (Å²) >= 11 is 0. The number of benzene rings is 2. The Kier molecular flexibility index (Phi) is 8.00. The zero-order valence-corrected chi connectivity index (χ0v) is 17.4. The molecule has 1 saturated heterocycles. The number of piperidine rings is 1. The number of ketones is 1. The normalized spacial score (nSPS) is 15.2. The Hall–Kier alpha value is -2.46. The van der Waals surface area contributed by atoms with Crippen LogP contribution in [0.15, 0.2) is 60.7 Å². The summed E-state index contributed by atoms with van der Waals surface area (Å²) in [6.45, 7) is 4.02. The number of nitrogens with zero attached hydrogens (tertiary/aromatic N) is 2. The Morgan fingerprint density at radius 3 is 2.21 bits per heavy atom. The number of amides is 1. The van der Waals surface area contributed by atoms with Gasteiger partial charge in [0.25, 0.3) is 0 Å². The first-order chi connectivity index (χ1) is 14.1. The summed E-state index contributed by atoms with van der Waals surface area (Å²) in [6.07, 6.45) is 3.77. The van der Waals surface area contributed by atoms with Gasteiger partial charge < -0.3 is 4.90 Å². The molecule has 2 aromatic carbocycles. The van der Waals surface area contributed by atoms with Gasteiger partial charge in [0.2, 0.25) is 5.91 Å². The molecule has 0 aliphatic carbocycles. The van der Waals surface area contributed by atoms with E-state index in [0.29, 0.717) is 25.2 Å². The quantitative estimate of drug-likeness (QED) is 0.594. The highest BCUT2D eigenvalue weighted by Crippen LogP contribution is 2.20. The van der Waals surface area contributed by atoms with Gasteiger partial charge in [-0.15, -0.1) is 0 Å². The first-order valence-corrected chi connectivity index (χ1v) is 10.7. The van der Waals surface area contributed by atoms with Gasteiger partial charge in [-0.05, 0) is 43.8 Å². The molecule has 0 N–H and O–H groups in total. The third-order valence-electron chi connectivity index (χ3n) is 5.80. The van der Waals surface area contributed by atoms with Gasteiger partial charge in [0.15, 0.2) is 5.78 Å². The van der Waals surface area contributed by atoms with Crippen molar-refractivity contribution in [1.29, 1.82) is 0 Å². The number of carbonyl (C=O) groups excluding carboxylic acids is 2. The van der Waals surface area contributed by atoms with Gasteiger partial charge in [-0.2, -0.15) is 0 Å². The second-order valence-electron chi connectivity index (χ2n) is 8.12. The lowest BCUT2D eigenvalue weighted by Crippen LogP contribution is -2.39. The van der Waals surface area contributed by atoms with Crippen LogP contribution in [-0.4, -0.2) is 48.2 Å². The first-order valence-electron chi connectivity index (χ1n) is 10.7. The van der Waals surface area contributed by atoms with E-state index in [0.717, 1.165) is 44.6 Å². The lowest BCUT2D eigenvalue weighted by Gasteiger charge is -2.34. The molecule has 0 aromatic heterocycles. The number of rotatable bonds is 9. The molecule has 0 spiro atoms. The molecule has 1 aliphatic heterocycles. The molecule has 1 heterocycles. The predicted molar refractivity (Wildman–Crippen MR) is 117 cm³/mol. The van der Waals surface area contributed by atoms with Crippen molar-refractivity contribution in [3.8, 4) is 0 Å². The highest BCUT2D eigenvalue weighted by Gasteiger charge is 2.22. The molecule has 4 nitrogen and oxygen atoms in total. The van der Waals surface area contributed by atoms with Crippen LogP contribution in [0.4, 0.5) is 0 Å². The van der Waals surface area contributed by atoms with Crippen LogP contribution in [-0.2, 0) is 11.3 Å². The minimum Gasteiger partial charge on any atom is -0.345 e. The van der Waals surface area contributed by atoms with E-state index < -0.39 is 0 Å². The number of carbonyl (C=O) groups is 2. The van der Waals surface area contributed by atoms with E-state index in [-0.39, 0.29) is 11.7 Å². The SMILES string of the molecule is CN(CC1CCN(Cc2ccccc2)CC1)C(=O)CCCC(=O)c1ccccc1. The van der Waals surface area contributed by atoms with E-state index in [2.05, 4.69) is 35.2 Å². The fraction of sp³-hybridized carbons (Fsp3) is 0.440. The molecule has 154 valence electrons. The molecule has 4 heteroatoms. The lowest BCUT2D eigenvalue weighted by molar-refractivity contribution is -0.130. The number of hydrogen-bond acceptors (Lipinski definition) is 3. The van der Waals surface area contributed by atoms with Crippen LogP contribution in [0.2, 0.25) is 0 Å². The fourth-order valence-corrected chi connectivity index (χ4v) is 4.02. The molecule has 0 saturated carbocycles. The Balaban J connectivity index is 1.33. The van der Waals surface area contributed by atoms with E-state index in [4.69, 9.17) is 0 Å². The third-order valence-corrected chi connectivity index (χ3v) is 5.80. The molecule has 0 unspecified atom stereocenters. The Morgan fingerprint density at radius 2 is 1.55 bits per heavy atom. The molecule has 29 heavy (non-hydrogen) atoms. The summed E-state index contributed by atoms with van der Waals surface area (Å²) in [6, 6.07) is 19.9. The summed E-state index contributed by atoms with van der Waals surface area (Å²) in [5.74, 6) is 0.839. The molecular formula is C25H32N2O2.